The van der Waals surface area contributed by atoms with E-state index in [9.17, 15) is 19.5 Å². The SMILES string of the molecule is Cc1c(Cl)c(=O)oc2cc(OCC(=O)N[C@@H](CO)C(=O)NC3=NCCS3)ccc12. The molecule has 0 fully saturated rings. The van der Waals surface area contributed by atoms with Crippen LogP contribution in [0.4, 0.5) is 0 Å². The van der Waals surface area contributed by atoms with Gasteiger partial charge in [-0.3, -0.25) is 14.6 Å². The van der Waals surface area contributed by atoms with Crippen LogP contribution < -0.4 is 21.0 Å². The normalized spacial score (nSPS) is 14.4. The van der Waals surface area contributed by atoms with E-state index in [0.29, 0.717) is 28.4 Å². The van der Waals surface area contributed by atoms with Gasteiger partial charge in [0.2, 0.25) is 0 Å². The number of aliphatic hydroxyl groups excluding tert-OH is 1. The van der Waals surface area contributed by atoms with Crippen molar-refractivity contribution in [3.63, 3.8) is 0 Å². The molecule has 0 radical (unpaired) electrons. The summed E-state index contributed by atoms with van der Waals surface area (Å²) in [6.07, 6.45) is 0. The van der Waals surface area contributed by atoms with Crippen LogP contribution in [0.15, 0.2) is 32.4 Å². The molecule has 0 aliphatic carbocycles. The Kier molecular flexibility index (Phi) is 6.78. The lowest BCUT2D eigenvalue weighted by Gasteiger charge is -2.16. The van der Waals surface area contributed by atoms with Crippen LogP contribution in [0, 0.1) is 6.92 Å². The fourth-order valence-corrected chi connectivity index (χ4v) is 3.46. The molecule has 2 amide bonds. The third-order valence-corrected chi connectivity index (χ3v) is 5.42. The number of ether oxygens (including phenoxy) is 1. The zero-order valence-corrected chi connectivity index (χ0v) is 16.9. The molecule has 1 aliphatic heterocycles. The predicted octanol–water partition coefficient (Wildman–Crippen LogP) is 0.830. The number of hydrogen-bond donors (Lipinski definition) is 3. The number of halogens is 1. The van der Waals surface area contributed by atoms with Crippen molar-refractivity contribution in [2.75, 3.05) is 25.5 Å². The van der Waals surface area contributed by atoms with Crippen LogP contribution in [0.3, 0.4) is 0 Å². The number of fused-ring (bicyclic) bond motifs is 1. The third kappa shape index (κ3) is 5.08. The summed E-state index contributed by atoms with van der Waals surface area (Å²) >= 11 is 7.28. The van der Waals surface area contributed by atoms with E-state index >= 15 is 0 Å². The van der Waals surface area contributed by atoms with Gasteiger partial charge >= 0.3 is 5.63 Å². The second-order valence-corrected chi connectivity index (χ2v) is 7.56. The molecule has 0 saturated carbocycles. The molecule has 1 aromatic heterocycles. The van der Waals surface area contributed by atoms with Crippen molar-refractivity contribution >= 4 is 51.3 Å². The highest BCUT2D eigenvalue weighted by atomic mass is 35.5. The smallest absolute Gasteiger partial charge is 0.355 e. The topological polar surface area (TPSA) is 130 Å². The number of rotatable bonds is 6. The monoisotopic (exact) mass is 439 g/mol. The van der Waals surface area contributed by atoms with Crippen molar-refractivity contribution in [1.82, 2.24) is 10.6 Å². The summed E-state index contributed by atoms with van der Waals surface area (Å²) in [5, 5.41) is 15.5. The molecule has 0 bridgehead atoms. The van der Waals surface area contributed by atoms with Gasteiger partial charge in [-0.25, -0.2) is 4.79 Å². The number of hydrogen-bond acceptors (Lipinski definition) is 8. The van der Waals surface area contributed by atoms with E-state index in [1.165, 1.54) is 17.8 Å². The molecule has 1 atom stereocenters. The Morgan fingerprint density at radius 1 is 1.45 bits per heavy atom. The van der Waals surface area contributed by atoms with Crippen molar-refractivity contribution in [3.05, 3.63) is 39.2 Å². The van der Waals surface area contributed by atoms with E-state index in [2.05, 4.69) is 15.6 Å². The van der Waals surface area contributed by atoms with E-state index in [1.807, 2.05) is 0 Å². The maximum absolute atomic E-state index is 12.1. The first kappa shape index (κ1) is 21.2. The van der Waals surface area contributed by atoms with E-state index in [4.69, 9.17) is 20.8 Å². The van der Waals surface area contributed by atoms with Crippen LogP contribution in [-0.2, 0) is 9.59 Å². The Morgan fingerprint density at radius 3 is 2.93 bits per heavy atom. The lowest BCUT2D eigenvalue weighted by Crippen LogP contribution is -2.50. The van der Waals surface area contributed by atoms with Gasteiger partial charge in [-0.15, -0.1) is 0 Å². The van der Waals surface area contributed by atoms with Crippen molar-refractivity contribution in [2.24, 2.45) is 4.99 Å². The molecule has 1 aromatic carbocycles. The molecule has 1 aliphatic rings. The molecule has 3 rings (SSSR count). The van der Waals surface area contributed by atoms with Crippen LogP contribution in [0.5, 0.6) is 5.75 Å². The van der Waals surface area contributed by atoms with Crippen LogP contribution in [0.25, 0.3) is 11.0 Å². The summed E-state index contributed by atoms with van der Waals surface area (Å²) in [7, 11) is 0. The zero-order valence-electron chi connectivity index (χ0n) is 15.4. The zero-order chi connectivity index (χ0) is 21.0. The van der Waals surface area contributed by atoms with Crippen molar-refractivity contribution < 1.29 is 23.8 Å². The van der Waals surface area contributed by atoms with Gasteiger partial charge in [-0.05, 0) is 24.6 Å². The summed E-state index contributed by atoms with van der Waals surface area (Å²) in [6, 6.07) is 3.61. The number of aliphatic imine (C=N–C) groups is 1. The van der Waals surface area contributed by atoms with Crippen LogP contribution >= 0.6 is 23.4 Å². The highest BCUT2D eigenvalue weighted by Gasteiger charge is 2.22. The first-order valence-corrected chi connectivity index (χ1v) is 9.99. The van der Waals surface area contributed by atoms with Gasteiger partial charge in [0.15, 0.2) is 11.8 Å². The van der Waals surface area contributed by atoms with Gasteiger partial charge in [0.05, 0.1) is 13.2 Å². The van der Waals surface area contributed by atoms with E-state index in [-0.39, 0.29) is 10.6 Å². The summed E-state index contributed by atoms with van der Waals surface area (Å²) < 4.78 is 10.5. The number of carbonyl (C=O) groups is 2. The molecule has 2 aromatic rings. The number of benzene rings is 1. The minimum absolute atomic E-state index is 0.0147. The fraction of sp³-hybridized carbons (Fsp3) is 0.333. The summed E-state index contributed by atoms with van der Waals surface area (Å²) in [4.78, 5) is 40.0. The van der Waals surface area contributed by atoms with Gasteiger partial charge in [0.25, 0.3) is 11.8 Å². The number of nitrogens with one attached hydrogen (secondary N) is 2. The molecule has 29 heavy (non-hydrogen) atoms. The third-order valence-electron chi connectivity index (χ3n) is 4.09. The van der Waals surface area contributed by atoms with E-state index in [0.717, 1.165) is 5.75 Å². The van der Waals surface area contributed by atoms with Gasteiger partial charge in [0.1, 0.15) is 22.4 Å². The van der Waals surface area contributed by atoms with Crippen LogP contribution in [0.1, 0.15) is 5.56 Å². The Bertz CT molecular complexity index is 1040. The average molecular weight is 440 g/mol. The lowest BCUT2D eigenvalue weighted by molar-refractivity contribution is -0.130. The van der Waals surface area contributed by atoms with E-state index < -0.39 is 36.7 Å². The first-order valence-electron chi connectivity index (χ1n) is 8.63. The highest BCUT2D eigenvalue weighted by molar-refractivity contribution is 8.14. The molecular weight excluding hydrogens is 422 g/mol. The summed E-state index contributed by atoms with van der Waals surface area (Å²) in [5.41, 5.74) is 0.203. The largest absolute Gasteiger partial charge is 0.484 e. The van der Waals surface area contributed by atoms with Crippen molar-refractivity contribution in [1.29, 1.82) is 0 Å². The number of amidine groups is 1. The number of amides is 2. The quantitative estimate of drug-likeness (QED) is 0.568. The minimum atomic E-state index is -1.13. The van der Waals surface area contributed by atoms with Crippen molar-refractivity contribution in [2.45, 2.75) is 13.0 Å². The second kappa shape index (κ2) is 9.29. The van der Waals surface area contributed by atoms with Crippen LogP contribution in [-0.4, -0.2) is 53.6 Å². The molecule has 2 heterocycles. The average Bonchev–Trinajstić information content (AvgIpc) is 3.21. The minimum Gasteiger partial charge on any atom is -0.484 e. The Hall–Kier alpha value is -2.56. The summed E-state index contributed by atoms with van der Waals surface area (Å²) in [5.74, 6) is -0.0980. The molecule has 0 spiro atoms. The Balaban J connectivity index is 1.60. The fourth-order valence-electron chi connectivity index (χ4n) is 2.58. The number of aryl methyl sites for hydroxylation is 1. The number of nitrogens with zero attached hydrogens (tertiary/aromatic N) is 1. The molecule has 0 saturated heterocycles. The van der Waals surface area contributed by atoms with Gasteiger partial charge in [-0.2, -0.15) is 0 Å². The van der Waals surface area contributed by atoms with Gasteiger partial charge in [-0.1, -0.05) is 23.4 Å². The first-order chi connectivity index (χ1) is 13.9. The molecule has 3 N–H and O–H groups in total. The molecule has 9 nitrogen and oxygen atoms in total. The standard InChI is InChI=1S/C18H18ClN3O6S/c1-9-11-3-2-10(6-13(11)28-17(26)15(9)19)27-8-14(24)21-12(7-23)16(25)22-18-20-4-5-29-18/h2-3,6,12,23H,4-5,7-8H2,1H3,(H,21,24)(H,20,22,25)/t12-/m0/s1. The number of aliphatic hydroxyl groups is 1. The Morgan fingerprint density at radius 2 is 2.24 bits per heavy atom. The lowest BCUT2D eigenvalue weighted by atomic mass is 10.1. The second-order valence-electron chi connectivity index (χ2n) is 6.10. The van der Waals surface area contributed by atoms with E-state index in [1.54, 1.807) is 19.1 Å². The maximum atomic E-state index is 12.1. The summed E-state index contributed by atoms with van der Waals surface area (Å²) in [6.45, 7) is 1.34. The predicted molar refractivity (Wildman–Crippen MR) is 110 cm³/mol. The Labute approximate surface area is 174 Å². The molecule has 154 valence electrons. The number of carbonyl (C=O) groups excluding carboxylic acids is 2. The van der Waals surface area contributed by atoms with Crippen molar-refractivity contribution in [3.8, 4) is 5.75 Å². The van der Waals surface area contributed by atoms with Gasteiger partial charge < -0.3 is 24.9 Å². The maximum Gasteiger partial charge on any atom is 0.355 e. The number of thioether (sulfide) groups is 1. The van der Waals surface area contributed by atoms with Crippen LogP contribution in [0.2, 0.25) is 5.02 Å². The molecule has 11 heteroatoms. The molecule has 0 unspecified atom stereocenters. The highest BCUT2D eigenvalue weighted by Crippen LogP contribution is 2.25. The van der Waals surface area contributed by atoms with Gasteiger partial charge in [0, 0.05) is 17.2 Å². The molecular formula is C18H18ClN3O6S.